The monoisotopic (exact) mass is 297 g/mol. The van der Waals surface area contributed by atoms with E-state index in [1.165, 1.54) is 5.56 Å². The summed E-state index contributed by atoms with van der Waals surface area (Å²) < 4.78 is 0. The summed E-state index contributed by atoms with van der Waals surface area (Å²) in [5.41, 5.74) is 2.42. The zero-order chi connectivity index (χ0) is 15.8. The zero-order valence-electron chi connectivity index (χ0n) is 12.9. The summed E-state index contributed by atoms with van der Waals surface area (Å²) in [5.74, 6) is 4.96. The molecule has 0 fully saturated rings. The summed E-state index contributed by atoms with van der Waals surface area (Å²) in [6.07, 6.45) is 2.37. The molecular weight excluding hydrogens is 274 g/mol. The van der Waals surface area contributed by atoms with Gasteiger partial charge in [0.1, 0.15) is 0 Å². The van der Waals surface area contributed by atoms with Crippen molar-refractivity contribution >= 4 is 5.97 Å². The second kappa shape index (κ2) is 8.35. The lowest BCUT2D eigenvalue weighted by Gasteiger charge is -2.19. The molecule has 3 heteroatoms. The molecule has 0 spiro atoms. The molecule has 0 heterocycles. The topological polar surface area (TPSA) is 52.3 Å². The average molecular weight is 297 g/mol. The number of hydrogen-bond donors (Lipinski definition) is 1. The third-order valence-corrected chi connectivity index (χ3v) is 3.89. The van der Waals surface area contributed by atoms with Crippen LogP contribution in [0.1, 0.15) is 24.5 Å². The highest BCUT2D eigenvalue weighted by Gasteiger charge is 2.23. The van der Waals surface area contributed by atoms with E-state index in [1.54, 1.807) is 0 Å². The molecule has 3 nitrogen and oxygen atoms in total. The molecular formula is C19H23NO2. The summed E-state index contributed by atoms with van der Waals surface area (Å²) in [7, 11) is 0. The second-order valence-corrected chi connectivity index (χ2v) is 5.85. The highest BCUT2D eigenvalue weighted by molar-refractivity contribution is 5.72. The molecule has 2 aromatic carbocycles. The van der Waals surface area contributed by atoms with Crippen LogP contribution >= 0.6 is 0 Å². The molecule has 22 heavy (non-hydrogen) atoms. The Morgan fingerprint density at radius 1 is 0.955 bits per heavy atom. The van der Waals surface area contributed by atoms with Crippen molar-refractivity contribution < 1.29 is 9.63 Å². The number of nitrogens with two attached hydrogens (primary N) is 1. The number of hydrogen-bond acceptors (Lipinski definition) is 3. The van der Waals surface area contributed by atoms with Crippen LogP contribution in [0.3, 0.4) is 0 Å². The van der Waals surface area contributed by atoms with Crippen molar-refractivity contribution in [3.63, 3.8) is 0 Å². The van der Waals surface area contributed by atoms with Gasteiger partial charge in [0.15, 0.2) is 0 Å². The molecule has 2 unspecified atom stereocenters. The molecule has 0 saturated heterocycles. The maximum Gasteiger partial charge on any atom is 0.327 e. The number of carbonyl (C=O) groups is 1. The number of rotatable bonds is 7. The Bertz CT molecular complexity index is 569. The molecule has 0 aliphatic heterocycles. The quantitative estimate of drug-likeness (QED) is 0.795. The smallest absolute Gasteiger partial charge is 0.327 e. The normalized spacial score (nSPS) is 13.4. The maximum absolute atomic E-state index is 12.0. The molecule has 0 bridgehead atoms. The third kappa shape index (κ3) is 5.01. The summed E-state index contributed by atoms with van der Waals surface area (Å²) in [6.45, 7) is 2.16. The van der Waals surface area contributed by atoms with Crippen molar-refractivity contribution in [3.8, 4) is 0 Å². The first-order valence-corrected chi connectivity index (χ1v) is 7.67. The Hall–Kier alpha value is -2.13. The fourth-order valence-corrected chi connectivity index (χ4v) is 2.84. The second-order valence-electron chi connectivity index (χ2n) is 5.85. The Labute approximate surface area is 132 Å². The predicted molar refractivity (Wildman–Crippen MR) is 87.8 cm³/mol. The van der Waals surface area contributed by atoms with E-state index >= 15 is 0 Å². The van der Waals surface area contributed by atoms with Gasteiger partial charge < -0.3 is 4.84 Å². The Morgan fingerprint density at radius 2 is 1.45 bits per heavy atom. The maximum atomic E-state index is 12.0. The molecule has 0 saturated carbocycles. The molecule has 2 aromatic rings. The predicted octanol–water partition coefficient (Wildman–Crippen LogP) is 3.53. The van der Waals surface area contributed by atoms with Gasteiger partial charge >= 0.3 is 5.97 Å². The largest absolute Gasteiger partial charge is 0.373 e. The molecule has 116 valence electrons. The van der Waals surface area contributed by atoms with Gasteiger partial charge in [-0.1, -0.05) is 67.6 Å². The van der Waals surface area contributed by atoms with Crippen LogP contribution < -0.4 is 5.90 Å². The van der Waals surface area contributed by atoms with Gasteiger partial charge in [0.2, 0.25) is 0 Å². The fourth-order valence-electron chi connectivity index (χ4n) is 2.84. The SMILES string of the molecule is CC(Cc1ccccc1)CC(Cc1ccccc1)C(=O)ON. The van der Waals surface area contributed by atoms with E-state index in [9.17, 15) is 4.79 Å². The van der Waals surface area contributed by atoms with E-state index in [-0.39, 0.29) is 11.9 Å². The van der Waals surface area contributed by atoms with Gasteiger partial charge in [0.05, 0.1) is 5.92 Å². The van der Waals surface area contributed by atoms with Gasteiger partial charge in [0.25, 0.3) is 0 Å². The Morgan fingerprint density at radius 3 is 1.95 bits per heavy atom. The molecule has 2 N–H and O–H groups in total. The van der Waals surface area contributed by atoms with Crippen molar-refractivity contribution in [2.24, 2.45) is 17.7 Å². The molecule has 0 aromatic heterocycles. The number of carbonyl (C=O) groups excluding carboxylic acids is 1. The van der Waals surface area contributed by atoms with Crippen LogP contribution in [-0.2, 0) is 22.5 Å². The first-order chi connectivity index (χ1) is 10.7. The van der Waals surface area contributed by atoms with Crippen LogP contribution in [0.25, 0.3) is 0 Å². The van der Waals surface area contributed by atoms with Crippen LogP contribution in [0.2, 0.25) is 0 Å². The summed E-state index contributed by atoms with van der Waals surface area (Å²) in [4.78, 5) is 16.5. The highest BCUT2D eigenvalue weighted by Crippen LogP contribution is 2.21. The molecule has 0 aliphatic rings. The minimum absolute atomic E-state index is 0.203. The van der Waals surface area contributed by atoms with Gasteiger partial charge in [-0.3, -0.25) is 4.79 Å². The minimum Gasteiger partial charge on any atom is -0.373 e. The lowest BCUT2D eigenvalue weighted by molar-refractivity contribution is -0.149. The van der Waals surface area contributed by atoms with E-state index in [2.05, 4.69) is 23.9 Å². The summed E-state index contributed by atoms with van der Waals surface area (Å²) in [6, 6.07) is 20.3. The van der Waals surface area contributed by atoms with Crippen LogP contribution in [-0.4, -0.2) is 5.97 Å². The van der Waals surface area contributed by atoms with Crippen molar-refractivity contribution in [3.05, 3.63) is 71.8 Å². The third-order valence-electron chi connectivity index (χ3n) is 3.89. The standard InChI is InChI=1S/C19H23NO2/c1-15(12-16-8-4-2-5-9-16)13-18(19(21)22-20)14-17-10-6-3-7-11-17/h2-11,15,18H,12-14,20H2,1H3. The van der Waals surface area contributed by atoms with Crippen LogP contribution in [0, 0.1) is 11.8 Å². The number of benzene rings is 2. The zero-order valence-corrected chi connectivity index (χ0v) is 12.9. The van der Waals surface area contributed by atoms with Crippen molar-refractivity contribution in [1.29, 1.82) is 0 Å². The van der Waals surface area contributed by atoms with Crippen LogP contribution in [0.15, 0.2) is 60.7 Å². The Balaban J connectivity index is 1.98. The fraction of sp³-hybridized carbons (Fsp3) is 0.316. The van der Waals surface area contributed by atoms with Crippen LogP contribution in [0.5, 0.6) is 0 Å². The minimum atomic E-state index is -0.330. The van der Waals surface area contributed by atoms with Gasteiger partial charge in [-0.25, -0.2) is 0 Å². The average Bonchev–Trinajstić information content (AvgIpc) is 2.55. The van der Waals surface area contributed by atoms with Gasteiger partial charge in [-0.05, 0) is 36.3 Å². The van der Waals surface area contributed by atoms with Crippen molar-refractivity contribution in [2.75, 3.05) is 0 Å². The molecule has 0 radical (unpaired) electrons. The molecule has 0 aliphatic carbocycles. The van der Waals surface area contributed by atoms with Crippen molar-refractivity contribution in [2.45, 2.75) is 26.2 Å². The molecule has 2 atom stereocenters. The molecule has 0 amide bonds. The lowest BCUT2D eigenvalue weighted by atomic mass is 9.87. The summed E-state index contributed by atoms with van der Waals surface area (Å²) >= 11 is 0. The molecule has 2 rings (SSSR count). The van der Waals surface area contributed by atoms with Gasteiger partial charge in [-0.15, -0.1) is 0 Å². The van der Waals surface area contributed by atoms with E-state index in [0.717, 1.165) is 18.4 Å². The van der Waals surface area contributed by atoms with E-state index < -0.39 is 0 Å². The highest BCUT2D eigenvalue weighted by atomic mass is 16.7. The summed E-state index contributed by atoms with van der Waals surface area (Å²) in [5, 5.41) is 0. The Kier molecular flexibility index (Phi) is 6.16. The van der Waals surface area contributed by atoms with Gasteiger partial charge in [0, 0.05) is 0 Å². The van der Waals surface area contributed by atoms with Crippen LogP contribution in [0.4, 0.5) is 0 Å². The first-order valence-electron chi connectivity index (χ1n) is 7.67. The van der Waals surface area contributed by atoms with Crippen molar-refractivity contribution in [1.82, 2.24) is 0 Å². The van der Waals surface area contributed by atoms with E-state index in [4.69, 9.17) is 5.90 Å². The van der Waals surface area contributed by atoms with E-state index in [0.29, 0.717) is 12.3 Å². The lowest BCUT2D eigenvalue weighted by Crippen LogP contribution is -2.25. The first kappa shape index (κ1) is 16.2. The van der Waals surface area contributed by atoms with Gasteiger partial charge in [-0.2, -0.15) is 5.90 Å². The van der Waals surface area contributed by atoms with E-state index in [1.807, 2.05) is 48.5 Å².